The molecule has 0 aliphatic carbocycles. The molecule has 0 bridgehead atoms. The van der Waals surface area contributed by atoms with Crippen LogP contribution in [0.15, 0.2) is 27.7 Å². The second-order valence-corrected chi connectivity index (χ2v) is 5.15. The van der Waals surface area contributed by atoms with Crippen molar-refractivity contribution in [2.24, 2.45) is 4.99 Å². The maximum Gasteiger partial charge on any atom is 0.246 e. The van der Waals surface area contributed by atoms with Gasteiger partial charge in [-0.3, -0.25) is 4.79 Å². The van der Waals surface area contributed by atoms with Crippen LogP contribution >= 0.6 is 39.9 Å². The molecule has 7 heteroatoms. The molecule has 118 valence electrons. The summed E-state index contributed by atoms with van der Waals surface area (Å²) in [5, 5.41) is 9.01. The monoisotopic (exact) mass is 468 g/mol. The van der Waals surface area contributed by atoms with Crippen LogP contribution < -0.4 is 16.0 Å². The van der Waals surface area contributed by atoms with Crippen LogP contribution in [0.2, 0.25) is 0 Å². The summed E-state index contributed by atoms with van der Waals surface area (Å²) in [5.74, 6) is 0.510. The van der Waals surface area contributed by atoms with Gasteiger partial charge in [0.15, 0.2) is 5.96 Å². The van der Waals surface area contributed by atoms with Crippen LogP contribution in [0.3, 0.4) is 0 Å². The Kier molecular flexibility index (Phi) is 10.4. The molecule has 0 atom stereocenters. The first kappa shape index (κ1) is 20.2. The van der Waals surface area contributed by atoms with Gasteiger partial charge >= 0.3 is 0 Å². The largest absolute Gasteiger partial charge is 0.357 e. The lowest BCUT2D eigenvalue weighted by Crippen LogP contribution is -2.37. The zero-order valence-electron chi connectivity index (χ0n) is 12.5. The van der Waals surface area contributed by atoms with Gasteiger partial charge in [0.05, 0.1) is 0 Å². The molecule has 1 rings (SSSR count). The summed E-state index contributed by atoms with van der Waals surface area (Å²) in [6, 6.07) is 5.77. The quantitative estimate of drug-likeness (QED) is 0.353. The van der Waals surface area contributed by atoms with E-state index in [0.717, 1.165) is 28.8 Å². The van der Waals surface area contributed by atoms with Crippen LogP contribution in [0.4, 0.5) is 5.69 Å². The number of carbonyl (C=O) groups excluding carboxylic acids is 1. The van der Waals surface area contributed by atoms with Crippen LogP contribution in [-0.2, 0) is 4.79 Å². The number of benzene rings is 1. The topological polar surface area (TPSA) is 65.5 Å². The third kappa shape index (κ3) is 7.66. The molecule has 0 spiro atoms. The van der Waals surface area contributed by atoms with E-state index in [4.69, 9.17) is 0 Å². The van der Waals surface area contributed by atoms with Gasteiger partial charge in [-0.15, -0.1) is 24.0 Å². The highest BCUT2D eigenvalue weighted by molar-refractivity contribution is 14.0. The Bertz CT molecular complexity index is 486. The number of hydrogen-bond donors (Lipinski definition) is 3. The van der Waals surface area contributed by atoms with E-state index in [1.54, 1.807) is 0 Å². The Morgan fingerprint density at radius 1 is 1.24 bits per heavy atom. The van der Waals surface area contributed by atoms with Crippen molar-refractivity contribution in [3.05, 3.63) is 28.2 Å². The van der Waals surface area contributed by atoms with E-state index < -0.39 is 0 Å². The lowest BCUT2D eigenvalue weighted by atomic mass is 10.2. The van der Waals surface area contributed by atoms with Crippen LogP contribution in [0.25, 0.3) is 0 Å². The number of rotatable bonds is 5. The summed E-state index contributed by atoms with van der Waals surface area (Å²) in [5.41, 5.74) is 1.82. The van der Waals surface area contributed by atoms with Gasteiger partial charge in [0, 0.05) is 23.2 Å². The van der Waals surface area contributed by atoms with Crippen molar-refractivity contribution >= 4 is 57.5 Å². The molecule has 1 amide bonds. The fourth-order valence-corrected chi connectivity index (χ4v) is 1.94. The molecule has 5 nitrogen and oxygen atoms in total. The molecule has 0 saturated carbocycles. The minimum absolute atomic E-state index is 0. The third-order valence-electron chi connectivity index (χ3n) is 2.54. The zero-order valence-corrected chi connectivity index (χ0v) is 16.4. The summed E-state index contributed by atoms with van der Waals surface area (Å²) >= 11 is 3.39. The number of aliphatic imine (C=N–C) groups is 1. The molecule has 0 radical (unpaired) electrons. The van der Waals surface area contributed by atoms with Crippen molar-refractivity contribution in [2.45, 2.75) is 20.8 Å². The molecule has 0 aliphatic heterocycles. The normalized spacial score (nSPS) is 9.33. The number of anilines is 1. The van der Waals surface area contributed by atoms with E-state index in [-0.39, 0.29) is 36.4 Å². The molecule has 0 aliphatic rings. The number of nitrogens with zero attached hydrogens (tertiary/aromatic N) is 1. The van der Waals surface area contributed by atoms with Crippen molar-refractivity contribution < 1.29 is 4.79 Å². The van der Waals surface area contributed by atoms with E-state index in [1.165, 1.54) is 0 Å². The van der Waals surface area contributed by atoms with Gasteiger partial charge in [-0.2, -0.15) is 0 Å². The van der Waals surface area contributed by atoms with E-state index in [2.05, 4.69) is 36.9 Å². The van der Waals surface area contributed by atoms with Gasteiger partial charge in [-0.05, 0) is 38.5 Å². The lowest BCUT2D eigenvalue weighted by molar-refractivity contribution is -0.114. The number of amides is 1. The molecule has 1 aromatic carbocycles. The van der Waals surface area contributed by atoms with Crippen molar-refractivity contribution in [2.75, 3.05) is 25.0 Å². The van der Waals surface area contributed by atoms with Gasteiger partial charge < -0.3 is 16.0 Å². The zero-order chi connectivity index (χ0) is 15.0. The minimum Gasteiger partial charge on any atom is -0.357 e. The highest BCUT2D eigenvalue weighted by Crippen LogP contribution is 2.20. The first-order chi connectivity index (χ1) is 9.56. The standard InChI is InChI=1S/C14H21BrN4O.HI/c1-4-16-14(17-5-2)18-9-13(20)19-12-8-11(15)7-6-10(12)3;/h6-8H,4-5,9H2,1-3H3,(H,19,20)(H2,16,17,18);1H. The maximum atomic E-state index is 11.9. The van der Waals surface area contributed by atoms with E-state index >= 15 is 0 Å². The molecule has 0 saturated heterocycles. The van der Waals surface area contributed by atoms with Crippen LogP contribution in [0.5, 0.6) is 0 Å². The Morgan fingerprint density at radius 2 is 1.86 bits per heavy atom. The summed E-state index contributed by atoms with van der Waals surface area (Å²) in [4.78, 5) is 16.1. The van der Waals surface area contributed by atoms with Gasteiger partial charge in [0.2, 0.25) is 5.91 Å². The molecule has 3 N–H and O–H groups in total. The van der Waals surface area contributed by atoms with Gasteiger partial charge in [-0.1, -0.05) is 22.0 Å². The SMILES string of the molecule is CCNC(=NCC(=O)Nc1cc(Br)ccc1C)NCC.I. The van der Waals surface area contributed by atoms with Crippen LogP contribution in [0, 0.1) is 6.92 Å². The smallest absolute Gasteiger partial charge is 0.246 e. The number of carbonyl (C=O) groups is 1. The Hall–Kier alpha value is -0.830. The number of nitrogens with one attached hydrogen (secondary N) is 3. The fourth-order valence-electron chi connectivity index (χ4n) is 1.58. The Balaban J connectivity index is 0.00000400. The summed E-state index contributed by atoms with van der Waals surface area (Å²) in [7, 11) is 0. The van der Waals surface area contributed by atoms with E-state index in [1.807, 2.05) is 39.0 Å². The fraction of sp³-hybridized carbons (Fsp3) is 0.429. The number of aryl methyl sites for hydroxylation is 1. The van der Waals surface area contributed by atoms with Gasteiger partial charge in [0.1, 0.15) is 6.54 Å². The number of guanidine groups is 1. The highest BCUT2D eigenvalue weighted by Gasteiger charge is 2.05. The first-order valence-electron chi connectivity index (χ1n) is 6.65. The first-order valence-corrected chi connectivity index (χ1v) is 7.44. The summed E-state index contributed by atoms with van der Waals surface area (Å²) in [6.45, 7) is 7.53. The van der Waals surface area contributed by atoms with Crippen molar-refractivity contribution in [1.29, 1.82) is 0 Å². The molecular formula is C14H22BrIN4O. The van der Waals surface area contributed by atoms with Crippen molar-refractivity contribution in [3.63, 3.8) is 0 Å². The lowest BCUT2D eigenvalue weighted by Gasteiger charge is -2.10. The van der Waals surface area contributed by atoms with E-state index in [9.17, 15) is 4.79 Å². The van der Waals surface area contributed by atoms with Crippen LogP contribution in [0.1, 0.15) is 19.4 Å². The summed E-state index contributed by atoms with van der Waals surface area (Å²) in [6.07, 6.45) is 0. The van der Waals surface area contributed by atoms with Gasteiger partial charge in [0.25, 0.3) is 0 Å². The molecule has 1 aromatic rings. The average molecular weight is 469 g/mol. The molecule has 0 aromatic heterocycles. The second kappa shape index (κ2) is 10.8. The summed E-state index contributed by atoms with van der Waals surface area (Å²) < 4.78 is 0.933. The average Bonchev–Trinajstić information content (AvgIpc) is 2.41. The van der Waals surface area contributed by atoms with Crippen LogP contribution in [-0.4, -0.2) is 31.5 Å². The Labute approximate surface area is 151 Å². The van der Waals surface area contributed by atoms with Gasteiger partial charge in [-0.25, -0.2) is 4.99 Å². The predicted octanol–water partition coefficient (Wildman–Crippen LogP) is 2.89. The molecular weight excluding hydrogens is 447 g/mol. The Morgan fingerprint density at radius 3 is 2.43 bits per heavy atom. The van der Waals surface area contributed by atoms with Crippen molar-refractivity contribution in [1.82, 2.24) is 10.6 Å². The minimum atomic E-state index is -0.139. The molecule has 21 heavy (non-hydrogen) atoms. The predicted molar refractivity (Wildman–Crippen MR) is 103 cm³/mol. The van der Waals surface area contributed by atoms with E-state index in [0.29, 0.717) is 5.96 Å². The molecule has 0 heterocycles. The molecule has 0 fully saturated rings. The third-order valence-corrected chi connectivity index (χ3v) is 3.04. The molecule has 0 unspecified atom stereocenters. The highest BCUT2D eigenvalue weighted by atomic mass is 127. The second-order valence-electron chi connectivity index (χ2n) is 4.23. The number of hydrogen-bond acceptors (Lipinski definition) is 2. The van der Waals surface area contributed by atoms with Crippen molar-refractivity contribution in [3.8, 4) is 0 Å². The number of halogens is 2. The maximum absolute atomic E-state index is 11.9.